The zero-order chi connectivity index (χ0) is 22.7. The van der Waals surface area contributed by atoms with Crippen LogP contribution in [0.25, 0.3) is 6.08 Å². The number of hydrogen-bond acceptors (Lipinski definition) is 5. The standard InChI is InChI=1S/C22H19I2NO5S/c1-3-12(2)25-20(26)18(31-22(25)29)10-14-8-16(23)19(17(24)9-14)30-11-13-4-6-15(7-5-13)21(27)28/h4-10,12H,3,11H2,1-2H3,(H,27,28)/b18-10+/t12-/m1/s1. The number of aromatic carboxylic acids is 1. The molecule has 1 heterocycles. The lowest BCUT2D eigenvalue weighted by molar-refractivity contribution is -0.124. The number of carboxylic acids is 1. The van der Waals surface area contributed by atoms with Crippen LogP contribution >= 0.6 is 56.9 Å². The van der Waals surface area contributed by atoms with Crippen LogP contribution in [-0.2, 0) is 11.4 Å². The molecule has 1 fully saturated rings. The van der Waals surface area contributed by atoms with Crippen LogP contribution in [0.5, 0.6) is 5.75 Å². The summed E-state index contributed by atoms with van der Waals surface area (Å²) in [6.07, 6.45) is 2.46. The summed E-state index contributed by atoms with van der Waals surface area (Å²) in [5, 5.41) is 8.76. The summed E-state index contributed by atoms with van der Waals surface area (Å²) in [6.45, 7) is 4.12. The third-order valence-electron chi connectivity index (χ3n) is 4.76. The van der Waals surface area contributed by atoms with Gasteiger partial charge in [0.1, 0.15) is 12.4 Å². The van der Waals surface area contributed by atoms with E-state index in [0.29, 0.717) is 23.7 Å². The van der Waals surface area contributed by atoms with Gasteiger partial charge in [0, 0.05) is 6.04 Å². The van der Waals surface area contributed by atoms with Crippen molar-refractivity contribution >= 4 is 80.1 Å². The van der Waals surface area contributed by atoms with Crippen LogP contribution in [0.15, 0.2) is 41.3 Å². The number of benzene rings is 2. The second-order valence-corrected chi connectivity index (χ2v) is 10.2. The van der Waals surface area contributed by atoms with Gasteiger partial charge in [-0.05, 0) is 112 Å². The fraction of sp³-hybridized carbons (Fsp3) is 0.227. The number of ether oxygens (including phenoxy) is 1. The molecule has 2 aromatic rings. The number of thioether (sulfide) groups is 1. The monoisotopic (exact) mass is 663 g/mol. The number of carbonyl (C=O) groups is 3. The van der Waals surface area contributed by atoms with Gasteiger partial charge in [0.05, 0.1) is 17.6 Å². The second-order valence-electron chi connectivity index (χ2n) is 6.91. The Balaban J connectivity index is 1.76. The highest BCUT2D eigenvalue weighted by atomic mass is 127. The number of carbonyl (C=O) groups excluding carboxylic acids is 2. The van der Waals surface area contributed by atoms with Crippen LogP contribution in [0.1, 0.15) is 41.8 Å². The van der Waals surface area contributed by atoms with E-state index >= 15 is 0 Å². The minimum atomic E-state index is -0.964. The van der Waals surface area contributed by atoms with E-state index in [2.05, 4.69) is 45.2 Å². The Morgan fingerprint density at radius 1 is 1.19 bits per heavy atom. The number of rotatable bonds is 7. The molecule has 0 unspecified atom stereocenters. The molecule has 0 bridgehead atoms. The van der Waals surface area contributed by atoms with Crippen molar-refractivity contribution in [3.8, 4) is 5.75 Å². The van der Waals surface area contributed by atoms with E-state index in [1.165, 1.54) is 4.90 Å². The first kappa shape index (κ1) is 24.1. The lowest BCUT2D eigenvalue weighted by Gasteiger charge is -2.19. The van der Waals surface area contributed by atoms with Crippen molar-refractivity contribution in [2.45, 2.75) is 32.9 Å². The molecule has 1 N–H and O–H groups in total. The van der Waals surface area contributed by atoms with Crippen molar-refractivity contribution < 1.29 is 24.2 Å². The van der Waals surface area contributed by atoms with Crippen LogP contribution in [-0.4, -0.2) is 33.2 Å². The van der Waals surface area contributed by atoms with Gasteiger partial charge in [-0.3, -0.25) is 14.5 Å². The topological polar surface area (TPSA) is 83.9 Å². The first-order valence-corrected chi connectivity index (χ1v) is 12.4. The lowest BCUT2D eigenvalue weighted by atomic mass is 10.1. The molecule has 0 aliphatic carbocycles. The number of imide groups is 1. The maximum Gasteiger partial charge on any atom is 0.335 e. The van der Waals surface area contributed by atoms with Crippen LogP contribution in [0, 0.1) is 7.14 Å². The van der Waals surface area contributed by atoms with E-state index in [0.717, 1.165) is 30.0 Å². The number of carboxylic acid groups (broad SMARTS) is 1. The number of halogens is 2. The second kappa shape index (κ2) is 10.3. The lowest BCUT2D eigenvalue weighted by Crippen LogP contribution is -2.36. The SMILES string of the molecule is CC[C@@H](C)N1C(=O)S/C(=C/c2cc(I)c(OCc3ccc(C(=O)O)cc3)c(I)c2)C1=O. The molecule has 1 saturated heterocycles. The Kier molecular flexibility index (Phi) is 8.03. The number of hydrogen-bond donors (Lipinski definition) is 1. The van der Waals surface area contributed by atoms with E-state index < -0.39 is 5.97 Å². The van der Waals surface area contributed by atoms with Crippen LogP contribution in [0.4, 0.5) is 4.79 Å². The molecule has 0 saturated carbocycles. The van der Waals surface area contributed by atoms with E-state index in [1.54, 1.807) is 30.3 Å². The van der Waals surface area contributed by atoms with Gasteiger partial charge in [0.2, 0.25) is 0 Å². The number of nitrogens with zero attached hydrogens (tertiary/aromatic N) is 1. The van der Waals surface area contributed by atoms with Gasteiger partial charge < -0.3 is 9.84 Å². The molecule has 162 valence electrons. The maximum atomic E-state index is 12.6. The van der Waals surface area contributed by atoms with Gasteiger partial charge in [-0.25, -0.2) is 4.79 Å². The Hall–Kier alpha value is -1.60. The van der Waals surface area contributed by atoms with Crippen molar-refractivity contribution in [2.75, 3.05) is 0 Å². The largest absolute Gasteiger partial charge is 0.487 e. The normalized spacial score (nSPS) is 16.1. The Labute approximate surface area is 211 Å². The van der Waals surface area contributed by atoms with Crippen molar-refractivity contribution in [3.05, 3.63) is 65.1 Å². The van der Waals surface area contributed by atoms with Crippen molar-refractivity contribution in [1.82, 2.24) is 4.90 Å². The summed E-state index contributed by atoms with van der Waals surface area (Å²) in [5.74, 6) is -0.498. The quantitative estimate of drug-likeness (QED) is 0.289. The van der Waals surface area contributed by atoms with Crippen LogP contribution < -0.4 is 4.74 Å². The molecule has 1 aliphatic rings. The Bertz CT molecular complexity index is 1050. The van der Waals surface area contributed by atoms with Gasteiger partial charge >= 0.3 is 5.97 Å². The molecule has 1 atom stereocenters. The molecule has 9 heteroatoms. The fourth-order valence-electron chi connectivity index (χ4n) is 2.89. The summed E-state index contributed by atoms with van der Waals surface area (Å²) >= 11 is 5.33. The Morgan fingerprint density at radius 2 is 1.81 bits per heavy atom. The minimum absolute atomic E-state index is 0.126. The van der Waals surface area contributed by atoms with Gasteiger partial charge in [-0.15, -0.1) is 0 Å². The van der Waals surface area contributed by atoms with E-state index in [9.17, 15) is 14.4 Å². The summed E-state index contributed by atoms with van der Waals surface area (Å²) in [5.41, 5.74) is 1.91. The van der Waals surface area contributed by atoms with Gasteiger partial charge in [0.15, 0.2) is 0 Å². The van der Waals surface area contributed by atoms with Gasteiger partial charge in [-0.2, -0.15) is 0 Å². The van der Waals surface area contributed by atoms with Crippen LogP contribution in [0.2, 0.25) is 0 Å². The molecule has 0 aromatic heterocycles. The first-order valence-electron chi connectivity index (χ1n) is 9.42. The summed E-state index contributed by atoms with van der Waals surface area (Å²) in [7, 11) is 0. The molecule has 0 spiro atoms. The average Bonchev–Trinajstić information content (AvgIpc) is 3.00. The molecular formula is C22H19I2NO5S. The molecule has 1 aliphatic heterocycles. The van der Waals surface area contributed by atoms with E-state index in [4.69, 9.17) is 9.84 Å². The highest BCUT2D eigenvalue weighted by molar-refractivity contribution is 14.1. The highest BCUT2D eigenvalue weighted by Gasteiger charge is 2.37. The molecule has 2 aromatic carbocycles. The third-order valence-corrected chi connectivity index (χ3v) is 7.24. The van der Waals surface area contributed by atoms with Crippen molar-refractivity contribution in [1.29, 1.82) is 0 Å². The minimum Gasteiger partial charge on any atom is -0.487 e. The van der Waals surface area contributed by atoms with E-state index in [1.807, 2.05) is 26.0 Å². The summed E-state index contributed by atoms with van der Waals surface area (Å²) in [6, 6.07) is 10.2. The van der Waals surface area contributed by atoms with E-state index in [-0.39, 0.29) is 22.8 Å². The molecule has 6 nitrogen and oxygen atoms in total. The number of amides is 2. The first-order chi connectivity index (χ1) is 14.7. The molecular weight excluding hydrogens is 644 g/mol. The smallest absolute Gasteiger partial charge is 0.335 e. The Morgan fingerprint density at radius 3 is 2.35 bits per heavy atom. The van der Waals surface area contributed by atoms with Crippen molar-refractivity contribution in [3.63, 3.8) is 0 Å². The average molecular weight is 663 g/mol. The summed E-state index contributed by atoms with van der Waals surface area (Å²) < 4.78 is 7.71. The molecule has 31 heavy (non-hydrogen) atoms. The molecule has 3 rings (SSSR count). The van der Waals surface area contributed by atoms with Crippen molar-refractivity contribution in [2.24, 2.45) is 0 Å². The van der Waals surface area contributed by atoms with Gasteiger partial charge in [0.25, 0.3) is 11.1 Å². The predicted octanol–water partition coefficient (Wildman–Crippen LogP) is 6.01. The van der Waals surface area contributed by atoms with Gasteiger partial charge in [-0.1, -0.05) is 19.1 Å². The fourth-order valence-corrected chi connectivity index (χ4v) is 5.95. The maximum absolute atomic E-state index is 12.6. The zero-order valence-electron chi connectivity index (χ0n) is 16.7. The van der Waals surface area contributed by atoms with Crippen LogP contribution in [0.3, 0.4) is 0 Å². The molecule has 2 amide bonds. The summed E-state index contributed by atoms with van der Waals surface area (Å²) in [4.78, 5) is 37.6. The third kappa shape index (κ3) is 5.61. The zero-order valence-corrected chi connectivity index (χ0v) is 21.9. The predicted molar refractivity (Wildman–Crippen MR) is 137 cm³/mol. The molecule has 0 radical (unpaired) electrons. The highest BCUT2D eigenvalue weighted by Crippen LogP contribution is 2.36.